The van der Waals surface area contributed by atoms with Crippen LogP contribution < -0.4 is 4.74 Å². The molecule has 1 aliphatic carbocycles. The van der Waals surface area contributed by atoms with E-state index in [2.05, 4.69) is 39.1 Å². The molecule has 1 aromatic heterocycles. The van der Waals surface area contributed by atoms with Crippen LogP contribution in [0.2, 0.25) is 0 Å². The van der Waals surface area contributed by atoms with Crippen LogP contribution in [0, 0.1) is 11.8 Å². The molecule has 0 N–H and O–H groups in total. The zero-order valence-electron chi connectivity index (χ0n) is 14.7. The second kappa shape index (κ2) is 7.50. The minimum Gasteiger partial charge on any atom is -0.467 e. The van der Waals surface area contributed by atoms with Crippen LogP contribution >= 0.6 is 0 Å². The van der Waals surface area contributed by atoms with E-state index in [0.29, 0.717) is 12.1 Å². The molecule has 1 saturated heterocycles. The maximum Gasteiger partial charge on any atom is 0.316 e. The van der Waals surface area contributed by atoms with E-state index in [4.69, 9.17) is 9.47 Å². The number of aromatic nitrogens is 2. The fraction of sp³-hybridized carbons (Fsp3) is 0.500. The molecule has 132 valence electrons. The van der Waals surface area contributed by atoms with E-state index in [9.17, 15) is 0 Å². The van der Waals surface area contributed by atoms with E-state index in [1.807, 2.05) is 18.5 Å². The van der Waals surface area contributed by atoms with Gasteiger partial charge in [0.2, 0.25) is 0 Å². The molecule has 5 heteroatoms. The Morgan fingerprint density at radius 2 is 1.68 bits per heavy atom. The number of hydrogen-bond acceptors (Lipinski definition) is 5. The van der Waals surface area contributed by atoms with E-state index in [-0.39, 0.29) is 0 Å². The number of likely N-dealkylation sites (tertiary alicyclic amines) is 1. The largest absolute Gasteiger partial charge is 0.467 e. The first-order valence-corrected chi connectivity index (χ1v) is 9.03. The van der Waals surface area contributed by atoms with Gasteiger partial charge in [-0.05, 0) is 30.2 Å². The highest BCUT2D eigenvalue weighted by atomic mass is 16.5. The summed E-state index contributed by atoms with van der Waals surface area (Å²) in [4.78, 5) is 10.9. The van der Waals surface area contributed by atoms with Crippen LogP contribution in [0.5, 0.6) is 6.01 Å². The average molecular weight is 339 g/mol. The van der Waals surface area contributed by atoms with Crippen molar-refractivity contribution < 1.29 is 9.47 Å². The van der Waals surface area contributed by atoms with Crippen LogP contribution in [0.15, 0.2) is 42.7 Å². The summed E-state index contributed by atoms with van der Waals surface area (Å²) in [6.07, 6.45) is 6.53. The molecule has 0 spiro atoms. The Hall–Kier alpha value is -1.98. The van der Waals surface area contributed by atoms with Gasteiger partial charge in [0.05, 0.1) is 19.8 Å². The first-order chi connectivity index (χ1) is 12.3. The molecule has 0 bridgehead atoms. The summed E-state index contributed by atoms with van der Waals surface area (Å²) in [5, 5.41) is 0. The van der Waals surface area contributed by atoms with Gasteiger partial charge in [-0.3, -0.25) is 4.90 Å². The van der Waals surface area contributed by atoms with Crippen molar-refractivity contribution in [3.05, 3.63) is 53.9 Å². The molecular formula is C20H25N3O2. The van der Waals surface area contributed by atoms with Crippen molar-refractivity contribution in [1.82, 2.24) is 14.9 Å². The van der Waals surface area contributed by atoms with Gasteiger partial charge in [0, 0.05) is 37.6 Å². The van der Waals surface area contributed by atoms with Gasteiger partial charge in [0.25, 0.3) is 0 Å². The van der Waals surface area contributed by atoms with Gasteiger partial charge in [-0.25, -0.2) is 9.97 Å². The van der Waals surface area contributed by atoms with Gasteiger partial charge in [-0.15, -0.1) is 0 Å². The number of nitrogens with zero attached hydrogens (tertiary/aromatic N) is 3. The Bertz CT molecular complexity index is 663. The number of ether oxygens (including phenoxy) is 2. The fourth-order valence-electron chi connectivity index (χ4n) is 4.18. The molecule has 25 heavy (non-hydrogen) atoms. The van der Waals surface area contributed by atoms with E-state index < -0.39 is 0 Å². The van der Waals surface area contributed by atoms with Gasteiger partial charge in [-0.2, -0.15) is 0 Å². The second-order valence-electron chi connectivity index (χ2n) is 7.18. The Kier molecular flexibility index (Phi) is 4.95. The topological polar surface area (TPSA) is 47.5 Å². The summed E-state index contributed by atoms with van der Waals surface area (Å²) in [5.41, 5.74) is 2.42. The van der Waals surface area contributed by atoms with Crippen LogP contribution in [-0.4, -0.2) is 41.2 Å². The summed E-state index contributed by atoms with van der Waals surface area (Å²) in [6, 6.07) is 10.9. The monoisotopic (exact) mass is 339 g/mol. The molecule has 1 aliphatic heterocycles. The molecule has 5 nitrogen and oxygen atoms in total. The van der Waals surface area contributed by atoms with Crippen LogP contribution in [0.4, 0.5) is 0 Å². The average Bonchev–Trinajstić information content (AvgIpc) is 3.19. The maximum atomic E-state index is 6.15. The molecule has 4 rings (SSSR count). The summed E-state index contributed by atoms with van der Waals surface area (Å²) in [7, 11) is 1.59. The van der Waals surface area contributed by atoms with Gasteiger partial charge >= 0.3 is 6.01 Å². The van der Waals surface area contributed by atoms with Crippen molar-refractivity contribution >= 4 is 0 Å². The zero-order valence-corrected chi connectivity index (χ0v) is 14.7. The Balaban J connectivity index is 1.24. The summed E-state index contributed by atoms with van der Waals surface area (Å²) in [5.74, 6) is 1.53. The Labute approximate surface area is 149 Å². The Morgan fingerprint density at radius 3 is 2.32 bits per heavy atom. The van der Waals surface area contributed by atoms with Gasteiger partial charge in [0.15, 0.2) is 0 Å². The zero-order chi connectivity index (χ0) is 17.1. The molecule has 0 radical (unpaired) electrons. The normalized spacial score (nSPS) is 25.9. The lowest BCUT2D eigenvalue weighted by Gasteiger charge is -2.19. The highest BCUT2D eigenvalue weighted by Crippen LogP contribution is 2.40. The SMILES string of the molecule is COc1ncc(CN2C[C@H]3CC(OCc4ccccc4)C[C@H]3C2)cn1. The summed E-state index contributed by atoms with van der Waals surface area (Å²) >= 11 is 0. The van der Waals surface area contributed by atoms with E-state index in [1.54, 1.807) is 7.11 Å². The quantitative estimate of drug-likeness (QED) is 0.810. The number of methoxy groups -OCH3 is 1. The van der Waals surface area contributed by atoms with E-state index >= 15 is 0 Å². The van der Waals surface area contributed by atoms with Gasteiger partial charge < -0.3 is 9.47 Å². The molecule has 0 amide bonds. The summed E-state index contributed by atoms with van der Waals surface area (Å²) < 4.78 is 11.2. The van der Waals surface area contributed by atoms with Crippen LogP contribution in [-0.2, 0) is 17.9 Å². The van der Waals surface area contributed by atoms with Crippen molar-refractivity contribution in [1.29, 1.82) is 0 Å². The van der Waals surface area contributed by atoms with Gasteiger partial charge in [-0.1, -0.05) is 30.3 Å². The van der Waals surface area contributed by atoms with E-state index in [1.165, 1.54) is 18.4 Å². The molecule has 2 heterocycles. The van der Waals surface area contributed by atoms with Crippen molar-refractivity contribution in [2.45, 2.75) is 32.1 Å². The standard InChI is InChI=1S/C20H25N3O2/c1-24-20-21-9-16(10-22-20)11-23-12-17-7-19(8-18(17)13-23)25-14-15-5-3-2-4-6-15/h2-6,9-10,17-19H,7-8,11-14H2,1H3/t17-,18+,19?. The number of fused-ring (bicyclic) bond motifs is 1. The predicted molar refractivity (Wildman–Crippen MR) is 95.1 cm³/mol. The second-order valence-corrected chi connectivity index (χ2v) is 7.18. The number of benzene rings is 1. The van der Waals surface area contributed by atoms with Crippen LogP contribution in [0.25, 0.3) is 0 Å². The molecule has 2 aromatic rings. The molecule has 3 atom stereocenters. The first kappa shape index (κ1) is 16.5. The molecular weight excluding hydrogens is 314 g/mol. The van der Waals surface area contributed by atoms with E-state index in [0.717, 1.165) is 43.6 Å². The molecule has 1 unspecified atom stereocenters. The Morgan fingerprint density at radius 1 is 1.00 bits per heavy atom. The minimum absolute atomic E-state index is 0.418. The van der Waals surface area contributed by atoms with Crippen molar-refractivity contribution in [2.75, 3.05) is 20.2 Å². The lowest BCUT2D eigenvalue weighted by molar-refractivity contribution is 0.0373. The first-order valence-electron chi connectivity index (χ1n) is 9.03. The van der Waals surface area contributed by atoms with Crippen molar-refractivity contribution in [3.63, 3.8) is 0 Å². The summed E-state index contributed by atoms with van der Waals surface area (Å²) in [6.45, 7) is 3.97. The van der Waals surface area contributed by atoms with Crippen molar-refractivity contribution in [3.8, 4) is 6.01 Å². The third-order valence-electron chi connectivity index (χ3n) is 5.38. The third-order valence-corrected chi connectivity index (χ3v) is 5.38. The fourth-order valence-corrected chi connectivity index (χ4v) is 4.18. The lowest BCUT2D eigenvalue weighted by atomic mass is 10.0. The third kappa shape index (κ3) is 3.99. The molecule has 1 aromatic carbocycles. The predicted octanol–water partition coefficient (Wildman–Crippen LogP) is 2.91. The molecule has 2 aliphatic rings. The lowest BCUT2D eigenvalue weighted by Crippen LogP contribution is -2.23. The smallest absolute Gasteiger partial charge is 0.316 e. The maximum absolute atomic E-state index is 6.15. The van der Waals surface area contributed by atoms with Crippen LogP contribution in [0.3, 0.4) is 0 Å². The molecule has 1 saturated carbocycles. The highest BCUT2D eigenvalue weighted by molar-refractivity contribution is 5.13. The minimum atomic E-state index is 0.418. The van der Waals surface area contributed by atoms with Crippen molar-refractivity contribution in [2.24, 2.45) is 11.8 Å². The highest BCUT2D eigenvalue weighted by Gasteiger charge is 2.41. The number of hydrogen-bond donors (Lipinski definition) is 0. The molecule has 2 fully saturated rings. The van der Waals surface area contributed by atoms with Crippen LogP contribution in [0.1, 0.15) is 24.0 Å². The van der Waals surface area contributed by atoms with Gasteiger partial charge in [0.1, 0.15) is 0 Å². The number of rotatable bonds is 6.